The van der Waals surface area contributed by atoms with Gasteiger partial charge in [-0.25, -0.2) is 9.18 Å². The van der Waals surface area contributed by atoms with Crippen molar-refractivity contribution in [3.8, 4) is 11.1 Å². The monoisotopic (exact) mass is 383 g/mol. The zero-order valence-electron chi connectivity index (χ0n) is 15.7. The molecule has 0 aliphatic carbocycles. The molecule has 2 unspecified atom stereocenters. The maximum Gasteiger partial charge on any atom is 0.322 e. The smallest absolute Gasteiger partial charge is 0.322 e. The standard InChI is InChI=1S/C21H22FN3O3/c1-12-9-16(7-8-17(12)22)15-5-3-14(4-6-15)13(2)11-23-19(26)10-18-20(27)25-21(28)24-18/h3-9,13,18H,10-11H2,1-2H3,(H,23,26)(H2,24,25,27,28). The summed E-state index contributed by atoms with van der Waals surface area (Å²) in [4.78, 5) is 34.6. The zero-order chi connectivity index (χ0) is 20.3. The van der Waals surface area contributed by atoms with E-state index in [1.807, 2.05) is 37.3 Å². The number of rotatable bonds is 6. The summed E-state index contributed by atoms with van der Waals surface area (Å²) in [6.45, 7) is 4.14. The summed E-state index contributed by atoms with van der Waals surface area (Å²) in [5.41, 5.74) is 3.59. The summed E-state index contributed by atoms with van der Waals surface area (Å²) in [6.07, 6.45) is -0.0901. The van der Waals surface area contributed by atoms with Crippen LogP contribution >= 0.6 is 0 Å². The lowest BCUT2D eigenvalue weighted by Crippen LogP contribution is -2.37. The van der Waals surface area contributed by atoms with E-state index in [1.165, 1.54) is 6.07 Å². The number of amides is 4. The number of benzene rings is 2. The Morgan fingerprint density at radius 3 is 2.43 bits per heavy atom. The molecule has 1 aliphatic rings. The zero-order valence-corrected chi connectivity index (χ0v) is 15.7. The number of hydrogen-bond donors (Lipinski definition) is 3. The summed E-state index contributed by atoms with van der Waals surface area (Å²) in [5.74, 6) is -0.938. The SMILES string of the molecule is Cc1cc(-c2ccc(C(C)CNC(=O)CC3NC(=O)NC3=O)cc2)ccc1F. The van der Waals surface area contributed by atoms with Gasteiger partial charge >= 0.3 is 6.03 Å². The van der Waals surface area contributed by atoms with E-state index >= 15 is 0 Å². The van der Waals surface area contributed by atoms with E-state index < -0.39 is 18.0 Å². The second-order valence-corrected chi connectivity index (χ2v) is 7.01. The van der Waals surface area contributed by atoms with Gasteiger partial charge in [0.25, 0.3) is 5.91 Å². The first kappa shape index (κ1) is 19.5. The predicted molar refractivity (Wildman–Crippen MR) is 103 cm³/mol. The highest BCUT2D eigenvalue weighted by molar-refractivity contribution is 6.05. The Balaban J connectivity index is 1.55. The molecule has 1 heterocycles. The molecule has 3 N–H and O–H groups in total. The third kappa shape index (κ3) is 4.54. The number of aryl methyl sites for hydroxylation is 1. The second-order valence-electron chi connectivity index (χ2n) is 7.01. The molecular formula is C21H22FN3O3. The Kier molecular flexibility index (Phi) is 5.73. The first-order valence-electron chi connectivity index (χ1n) is 9.08. The van der Waals surface area contributed by atoms with Crippen LogP contribution in [0.25, 0.3) is 11.1 Å². The number of halogens is 1. The first-order valence-corrected chi connectivity index (χ1v) is 9.08. The van der Waals surface area contributed by atoms with Gasteiger partial charge in [-0.3, -0.25) is 14.9 Å². The normalized spacial score (nSPS) is 17.0. The van der Waals surface area contributed by atoms with Crippen LogP contribution < -0.4 is 16.0 Å². The van der Waals surface area contributed by atoms with Gasteiger partial charge in [0.2, 0.25) is 5.91 Å². The van der Waals surface area contributed by atoms with Crippen molar-refractivity contribution in [2.45, 2.75) is 32.2 Å². The van der Waals surface area contributed by atoms with Crippen LogP contribution in [0.4, 0.5) is 9.18 Å². The van der Waals surface area contributed by atoms with Crippen molar-refractivity contribution in [1.82, 2.24) is 16.0 Å². The topological polar surface area (TPSA) is 87.3 Å². The molecule has 0 bridgehead atoms. The minimum atomic E-state index is -0.818. The highest BCUT2D eigenvalue weighted by atomic mass is 19.1. The number of nitrogens with one attached hydrogen (secondary N) is 3. The fourth-order valence-electron chi connectivity index (χ4n) is 3.07. The van der Waals surface area contributed by atoms with Crippen molar-refractivity contribution in [2.75, 3.05) is 6.54 Å². The summed E-state index contributed by atoms with van der Waals surface area (Å²) >= 11 is 0. The number of carbonyl (C=O) groups is 3. The molecule has 6 nitrogen and oxygen atoms in total. The van der Waals surface area contributed by atoms with Gasteiger partial charge in [-0.05, 0) is 47.2 Å². The lowest BCUT2D eigenvalue weighted by Gasteiger charge is -2.15. The molecule has 7 heteroatoms. The molecule has 4 amide bonds. The Morgan fingerprint density at radius 1 is 1.14 bits per heavy atom. The Labute approximate surface area is 162 Å². The third-order valence-corrected chi connectivity index (χ3v) is 4.82. The second kappa shape index (κ2) is 8.21. The fourth-order valence-corrected chi connectivity index (χ4v) is 3.07. The minimum Gasteiger partial charge on any atom is -0.355 e. The van der Waals surface area contributed by atoms with E-state index in [-0.39, 0.29) is 24.1 Å². The first-order chi connectivity index (χ1) is 13.3. The number of hydrogen-bond acceptors (Lipinski definition) is 3. The molecule has 2 aromatic rings. The van der Waals surface area contributed by atoms with Crippen LogP contribution in [0.15, 0.2) is 42.5 Å². The predicted octanol–water partition coefficient (Wildman–Crippen LogP) is 2.62. The van der Waals surface area contributed by atoms with Crippen molar-refractivity contribution < 1.29 is 18.8 Å². The molecule has 2 aromatic carbocycles. The van der Waals surface area contributed by atoms with Crippen molar-refractivity contribution in [3.63, 3.8) is 0 Å². The van der Waals surface area contributed by atoms with Gasteiger partial charge in [-0.2, -0.15) is 0 Å². The van der Waals surface area contributed by atoms with Crippen LogP contribution in [0.1, 0.15) is 30.4 Å². The third-order valence-electron chi connectivity index (χ3n) is 4.82. The summed E-state index contributed by atoms with van der Waals surface area (Å²) < 4.78 is 13.4. The summed E-state index contributed by atoms with van der Waals surface area (Å²) in [7, 11) is 0. The van der Waals surface area contributed by atoms with Gasteiger partial charge in [0.15, 0.2) is 0 Å². The number of imide groups is 1. The lowest BCUT2D eigenvalue weighted by atomic mass is 9.96. The van der Waals surface area contributed by atoms with E-state index in [0.717, 1.165) is 16.7 Å². The highest BCUT2D eigenvalue weighted by Gasteiger charge is 2.31. The van der Waals surface area contributed by atoms with E-state index in [2.05, 4.69) is 16.0 Å². The van der Waals surface area contributed by atoms with E-state index in [1.54, 1.807) is 13.0 Å². The molecule has 28 heavy (non-hydrogen) atoms. The molecule has 146 valence electrons. The van der Waals surface area contributed by atoms with E-state index in [0.29, 0.717) is 12.1 Å². The van der Waals surface area contributed by atoms with Crippen molar-refractivity contribution in [1.29, 1.82) is 0 Å². The fraction of sp³-hybridized carbons (Fsp3) is 0.286. The Hall–Kier alpha value is -3.22. The molecular weight excluding hydrogens is 361 g/mol. The molecule has 3 rings (SSSR count). The van der Waals surface area contributed by atoms with Crippen LogP contribution in [0.2, 0.25) is 0 Å². The highest BCUT2D eigenvalue weighted by Crippen LogP contribution is 2.24. The maximum absolute atomic E-state index is 13.4. The molecule has 0 saturated carbocycles. The van der Waals surface area contributed by atoms with Crippen LogP contribution in [0.5, 0.6) is 0 Å². The maximum atomic E-state index is 13.4. The van der Waals surface area contributed by atoms with Crippen molar-refractivity contribution >= 4 is 17.8 Å². The molecule has 0 aromatic heterocycles. The van der Waals surface area contributed by atoms with Gasteiger partial charge in [-0.15, -0.1) is 0 Å². The van der Waals surface area contributed by atoms with Gasteiger partial charge in [-0.1, -0.05) is 37.3 Å². The quantitative estimate of drug-likeness (QED) is 0.670. The molecule has 0 radical (unpaired) electrons. The minimum absolute atomic E-state index is 0.0694. The summed E-state index contributed by atoms with van der Waals surface area (Å²) in [6, 6.07) is 11.5. The van der Waals surface area contributed by atoms with Crippen LogP contribution in [0, 0.1) is 12.7 Å². The molecule has 2 atom stereocenters. The summed E-state index contributed by atoms with van der Waals surface area (Å²) in [5, 5.41) is 7.29. The van der Waals surface area contributed by atoms with Crippen molar-refractivity contribution in [2.24, 2.45) is 0 Å². The number of urea groups is 1. The van der Waals surface area contributed by atoms with Crippen molar-refractivity contribution in [3.05, 3.63) is 59.4 Å². The molecule has 1 saturated heterocycles. The van der Waals surface area contributed by atoms with Crippen LogP contribution in [-0.2, 0) is 9.59 Å². The lowest BCUT2D eigenvalue weighted by molar-refractivity contribution is -0.126. The molecule has 0 spiro atoms. The van der Waals surface area contributed by atoms with Crippen LogP contribution in [0.3, 0.4) is 0 Å². The Bertz CT molecular complexity index is 912. The van der Waals surface area contributed by atoms with Crippen LogP contribution in [-0.4, -0.2) is 30.4 Å². The van der Waals surface area contributed by atoms with Gasteiger partial charge < -0.3 is 10.6 Å². The van der Waals surface area contributed by atoms with Gasteiger partial charge in [0.1, 0.15) is 11.9 Å². The van der Waals surface area contributed by atoms with Gasteiger partial charge in [0.05, 0.1) is 6.42 Å². The molecule has 1 aliphatic heterocycles. The number of carbonyl (C=O) groups excluding carboxylic acids is 3. The average Bonchev–Trinajstić information content (AvgIpc) is 2.99. The van der Waals surface area contributed by atoms with Gasteiger partial charge in [0, 0.05) is 6.54 Å². The molecule has 1 fully saturated rings. The van der Waals surface area contributed by atoms with E-state index in [9.17, 15) is 18.8 Å². The average molecular weight is 383 g/mol. The Morgan fingerprint density at radius 2 is 1.82 bits per heavy atom. The van der Waals surface area contributed by atoms with E-state index in [4.69, 9.17) is 0 Å². The largest absolute Gasteiger partial charge is 0.355 e.